The van der Waals surface area contributed by atoms with Crippen LogP contribution in [0.4, 0.5) is 0 Å². The van der Waals surface area contributed by atoms with E-state index in [-0.39, 0.29) is 5.97 Å². The van der Waals surface area contributed by atoms with E-state index in [9.17, 15) is 4.79 Å². The number of esters is 1. The summed E-state index contributed by atoms with van der Waals surface area (Å²) in [6.45, 7) is 9.26. The summed E-state index contributed by atoms with van der Waals surface area (Å²) in [5.41, 5.74) is -0.537. The topological polar surface area (TPSA) is 41.6 Å². The van der Waals surface area contributed by atoms with E-state index < -0.39 is 5.54 Å². The summed E-state index contributed by atoms with van der Waals surface area (Å²) in [5.74, 6) is -0.150. The maximum absolute atomic E-state index is 11.9. The van der Waals surface area contributed by atoms with E-state index in [0.29, 0.717) is 0 Å². The van der Waals surface area contributed by atoms with Crippen LogP contribution in [0.5, 0.6) is 0 Å². The number of likely N-dealkylation sites (N-methyl/N-ethyl adjacent to an activating group) is 1. The Labute approximate surface area is 117 Å². The van der Waals surface area contributed by atoms with Gasteiger partial charge in [0.15, 0.2) is 0 Å². The van der Waals surface area contributed by atoms with Crippen molar-refractivity contribution >= 4 is 5.97 Å². The summed E-state index contributed by atoms with van der Waals surface area (Å²) >= 11 is 0. The Balaban J connectivity index is 2.40. The summed E-state index contributed by atoms with van der Waals surface area (Å²) in [6, 6.07) is 0.809. The van der Waals surface area contributed by atoms with Gasteiger partial charge in [-0.1, -0.05) is 13.8 Å². The van der Waals surface area contributed by atoms with E-state index in [4.69, 9.17) is 4.74 Å². The lowest BCUT2D eigenvalue weighted by molar-refractivity contribution is -0.148. The zero-order valence-corrected chi connectivity index (χ0v) is 13.0. The predicted octanol–water partition coefficient (Wildman–Crippen LogP) is 2.18. The van der Waals surface area contributed by atoms with Crippen molar-refractivity contribution < 1.29 is 9.53 Å². The lowest BCUT2D eigenvalue weighted by atomic mass is 9.95. The number of carbonyl (C=O) groups is 1. The molecule has 1 fully saturated rings. The fourth-order valence-electron chi connectivity index (χ4n) is 2.72. The van der Waals surface area contributed by atoms with Gasteiger partial charge >= 0.3 is 5.97 Å². The highest BCUT2D eigenvalue weighted by molar-refractivity contribution is 5.80. The van der Waals surface area contributed by atoms with Crippen molar-refractivity contribution in [3.05, 3.63) is 0 Å². The van der Waals surface area contributed by atoms with Crippen molar-refractivity contribution in [2.45, 2.75) is 64.5 Å². The van der Waals surface area contributed by atoms with Gasteiger partial charge in [0.05, 0.1) is 7.11 Å². The molecule has 1 aliphatic carbocycles. The number of methoxy groups -OCH3 is 1. The molecular weight excluding hydrogens is 240 g/mol. The van der Waals surface area contributed by atoms with Gasteiger partial charge in [-0.05, 0) is 58.7 Å². The first-order valence-corrected chi connectivity index (χ1v) is 7.64. The van der Waals surface area contributed by atoms with Gasteiger partial charge in [-0.15, -0.1) is 0 Å². The molecule has 4 nitrogen and oxygen atoms in total. The van der Waals surface area contributed by atoms with Gasteiger partial charge in [0.2, 0.25) is 0 Å². The molecule has 1 saturated carbocycles. The highest BCUT2D eigenvalue weighted by Crippen LogP contribution is 2.27. The predicted molar refractivity (Wildman–Crippen MR) is 78.2 cm³/mol. The van der Waals surface area contributed by atoms with E-state index in [0.717, 1.165) is 32.0 Å². The molecular formula is C15H30N2O2. The Hall–Kier alpha value is -0.610. The van der Waals surface area contributed by atoms with Crippen LogP contribution in [-0.2, 0) is 9.53 Å². The summed E-state index contributed by atoms with van der Waals surface area (Å²) in [5, 5.41) is 3.27. The van der Waals surface area contributed by atoms with E-state index in [1.54, 1.807) is 0 Å². The molecule has 19 heavy (non-hydrogen) atoms. The minimum Gasteiger partial charge on any atom is -0.468 e. The molecule has 1 aliphatic rings. The second-order valence-electron chi connectivity index (χ2n) is 5.72. The smallest absolute Gasteiger partial charge is 0.325 e. The Morgan fingerprint density at radius 3 is 2.53 bits per heavy atom. The molecule has 4 heteroatoms. The van der Waals surface area contributed by atoms with Crippen LogP contribution in [0.2, 0.25) is 0 Å². The van der Waals surface area contributed by atoms with E-state index in [2.05, 4.69) is 17.1 Å². The number of ether oxygens (including phenoxy) is 1. The van der Waals surface area contributed by atoms with Crippen LogP contribution in [0.15, 0.2) is 0 Å². The first kappa shape index (κ1) is 16.4. The molecule has 1 N–H and O–H groups in total. The Bertz CT molecular complexity index is 279. The van der Waals surface area contributed by atoms with Crippen molar-refractivity contribution in [1.82, 2.24) is 10.2 Å². The zero-order chi connectivity index (χ0) is 14.3. The van der Waals surface area contributed by atoms with E-state index >= 15 is 0 Å². The third kappa shape index (κ3) is 5.11. The van der Waals surface area contributed by atoms with Gasteiger partial charge in [0, 0.05) is 6.04 Å². The second kappa shape index (κ2) is 7.85. The summed E-state index contributed by atoms with van der Waals surface area (Å²) in [7, 11) is 1.46. The number of hydrogen-bond donors (Lipinski definition) is 1. The lowest BCUT2D eigenvalue weighted by Crippen LogP contribution is -2.50. The molecule has 0 spiro atoms. The lowest BCUT2D eigenvalue weighted by Gasteiger charge is -2.29. The van der Waals surface area contributed by atoms with Crippen molar-refractivity contribution in [2.24, 2.45) is 0 Å². The van der Waals surface area contributed by atoms with Crippen LogP contribution >= 0.6 is 0 Å². The van der Waals surface area contributed by atoms with Gasteiger partial charge in [0.1, 0.15) is 5.54 Å². The monoisotopic (exact) mass is 270 g/mol. The van der Waals surface area contributed by atoms with Crippen LogP contribution in [0.1, 0.15) is 52.9 Å². The van der Waals surface area contributed by atoms with Crippen molar-refractivity contribution in [1.29, 1.82) is 0 Å². The average molecular weight is 270 g/mol. The summed E-state index contributed by atoms with van der Waals surface area (Å²) in [4.78, 5) is 14.4. The first-order valence-electron chi connectivity index (χ1n) is 7.64. The molecule has 112 valence electrons. The van der Waals surface area contributed by atoms with Gasteiger partial charge in [-0.2, -0.15) is 0 Å². The highest BCUT2D eigenvalue weighted by Gasteiger charge is 2.34. The van der Waals surface area contributed by atoms with Crippen LogP contribution in [0.3, 0.4) is 0 Å². The molecule has 0 amide bonds. The molecule has 0 heterocycles. The molecule has 0 aromatic carbocycles. The molecule has 0 aromatic rings. The van der Waals surface area contributed by atoms with E-state index in [1.165, 1.54) is 32.9 Å². The minimum atomic E-state index is -0.537. The fraction of sp³-hybridized carbons (Fsp3) is 0.933. The number of nitrogens with one attached hydrogen (secondary N) is 1. The van der Waals surface area contributed by atoms with Crippen LogP contribution in [0.25, 0.3) is 0 Å². The minimum absolute atomic E-state index is 0.150. The van der Waals surface area contributed by atoms with Crippen LogP contribution in [-0.4, -0.2) is 49.2 Å². The molecule has 0 aromatic heterocycles. The number of nitrogens with zero attached hydrogens (tertiary/aromatic N) is 1. The molecule has 1 unspecified atom stereocenters. The maximum atomic E-state index is 11.9. The van der Waals surface area contributed by atoms with Crippen LogP contribution < -0.4 is 5.32 Å². The zero-order valence-electron chi connectivity index (χ0n) is 13.0. The average Bonchev–Trinajstić information content (AvgIpc) is 3.21. The summed E-state index contributed by atoms with van der Waals surface area (Å²) in [6.07, 6.45) is 5.77. The highest BCUT2D eigenvalue weighted by atomic mass is 16.5. The van der Waals surface area contributed by atoms with Gasteiger partial charge in [-0.3, -0.25) is 4.79 Å². The normalized spacial score (nSPS) is 18.4. The number of carbonyl (C=O) groups excluding carboxylic acids is 1. The third-order valence-corrected chi connectivity index (χ3v) is 3.90. The quantitative estimate of drug-likeness (QED) is 0.618. The molecule has 0 radical (unpaired) electrons. The molecule has 0 aliphatic heterocycles. The molecule has 0 saturated heterocycles. The molecule has 0 bridgehead atoms. The molecule has 1 atom stereocenters. The SMILES string of the molecule is CCCN(CCCC(C)(NCC)C(=O)OC)C1CC1. The Morgan fingerprint density at radius 2 is 2.05 bits per heavy atom. The largest absolute Gasteiger partial charge is 0.468 e. The fourth-order valence-corrected chi connectivity index (χ4v) is 2.72. The van der Waals surface area contributed by atoms with Gasteiger partial charge in [-0.25, -0.2) is 0 Å². The third-order valence-electron chi connectivity index (χ3n) is 3.90. The Morgan fingerprint density at radius 1 is 1.37 bits per heavy atom. The second-order valence-corrected chi connectivity index (χ2v) is 5.72. The standard InChI is InChI=1S/C15H30N2O2/c1-5-11-17(13-8-9-13)12-7-10-15(3,16-6-2)14(18)19-4/h13,16H,5-12H2,1-4H3. The maximum Gasteiger partial charge on any atom is 0.325 e. The Kier molecular flexibility index (Phi) is 6.80. The number of rotatable bonds is 10. The van der Waals surface area contributed by atoms with Crippen molar-refractivity contribution in [3.8, 4) is 0 Å². The van der Waals surface area contributed by atoms with Gasteiger partial charge < -0.3 is 15.0 Å². The van der Waals surface area contributed by atoms with Crippen molar-refractivity contribution in [3.63, 3.8) is 0 Å². The van der Waals surface area contributed by atoms with Crippen molar-refractivity contribution in [2.75, 3.05) is 26.7 Å². The van der Waals surface area contributed by atoms with E-state index in [1.807, 2.05) is 13.8 Å². The van der Waals surface area contributed by atoms with Crippen LogP contribution in [0, 0.1) is 0 Å². The first-order chi connectivity index (χ1) is 9.07. The summed E-state index contributed by atoms with van der Waals surface area (Å²) < 4.78 is 4.92. The van der Waals surface area contributed by atoms with Gasteiger partial charge in [0.25, 0.3) is 0 Å². The number of hydrogen-bond acceptors (Lipinski definition) is 4. The molecule has 1 rings (SSSR count).